The first-order chi connectivity index (χ1) is 13.7. The lowest BCUT2D eigenvalue weighted by Gasteiger charge is -2.08. The number of fused-ring (bicyclic) bond motifs is 1. The number of carbonyl (C=O) groups excluding carboxylic acids is 1. The molecule has 1 amide bonds. The van der Waals surface area contributed by atoms with Crippen LogP contribution in [0.4, 0.5) is 17.1 Å². The molecule has 28 heavy (non-hydrogen) atoms. The second kappa shape index (κ2) is 8.49. The maximum absolute atomic E-state index is 12.3. The summed E-state index contributed by atoms with van der Waals surface area (Å²) < 4.78 is 14.1. The van der Waals surface area contributed by atoms with Crippen molar-refractivity contribution in [3.05, 3.63) is 60.0 Å². The van der Waals surface area contributed by atoms with Crippen molar-refractivity contribution < 1.29 is 9.21 Å². The molecule has 2 aromatic carbocycles. The summed E-state index contributed by atoms with van der Waals surface area (Å²) in [6.07, 6.45) is 0.655. The standard InChI is InChI=1S/C19H17N5O2S2/c1-12(13-6-3-2-4-7-13)10-17-21-22-19(26-17)27-11-16(25)20-14-8-5-9-15-18(14)24-28-23-15/h2-9,12H,10-11H2,1H3,(H,20,25). The Morgan fingerprint density at radius 3 is 2.86 bits per heavy atom. The average molecular weight is 412 g/mol. The number of nitrogens with zero attached hydrogens (tertiary/aromatic N) is 4. The maximum Gasteiger partial charge on any atom is 0.277 e. The highest BCUT2D eigenvalue weighted by atomic mass is 32.2. The number of hydrogen-bond acceptors (Lipinski definition) is 7. The minimum atomic E-state index is -0.164. The molecule has 1 unspecified atom stereocenters. The topological polar surface area (TPSA) is 92.7 Å². The number of carbonyl (C=O) groups is 1. The number of nitrogens with one attached hydrogen (secondary N) is 1. The van der Waals surface area contributed by atoms with Crippen LogP contribution in [-0.2, 0) is 22.6 Å². The zero-order valence-corrected chi connectivity index (χ0v) is 16.7. The molecule has 0 saturated heterocycles. The third-order valence-electron chi connectivity index (χ3n) is 4.18. The summed E-state index contributed by atoms with van der Waals surface area (Å²) in [5.41, 5.74) is 3.34. The van der Waals surface area contributed by atoms with Crippen molar-refractivity contribution in [3.63, 3.8) is 0 Å². The van der Waals surface area contributed by atoms with Crippen LogP contribution in [0.25, 0.3) is 0 Å². The van der Waals surface area contributed by atoms with E-state index in [1.165, 1.54) is 17.3 Å². The van der Waals surface area contributed by atoms with Crippen molar-refractivity contribution >= 4 is 46.1 Å². The molecule has 1 aromatic heterocycles. The Balaban J connectivity index is 1.30. The van der Waals surface area contributed by atoms with Crippen LogP contribution in [-0.4, -0.2) is 21.9 Å². The van der Waals surface area contributed by atoms with Crippen molar-refractivity contribution in [2.75, 3.05) is 11.1 Å². The summed E-state index contributed by atoms with van der Waals surface area (Å²) >= 11 is 2.33. The van der Waals surface area contributed by atoms with E-state index in [4.69, 9.17) is 4.42 Å². The van der Waals surface area contributed by atoms with E-state index in [0.717, 1.165) is 17.0 Å². The highest BCUT2D eigenvalue weighted by Gasteiger charge is 2.16. The fraction of sp³-hybridized carbons (Fsp3) is 0.211. The monoisotopic (exact) mass is 411 g/mol. The van der Waals surface area contributed by atoms with E-state index in [0.29, 0.717) is 28.9 Å². The van der Waals surface area contributed by atoms with E-state index in [1.807, 2.05) is 36.4 Å². The minimum absolute atomic E-state index is 0.164. The largest absolute Gasteiger partial charge is 0.416 e. The van der Waals surface area contributed by atoms with Crippen LogP contribution >= 0.6 is 11.8 Å². The molecule has 1 N–H and O–H groups in total. The third-order valence-corrected chi connectivity index (χ3v) is 5.55. The lowest BCUT2D eigenvalue weighted by atomic mass is 9.98. The molecule has 0 aliphatic carbocycles. The van der Waals surface area contributed by atoms with Gasteiger partial charge in [0.05, 0.1) is 22.8 Å². The van der Waals surface area contributed by atoms with Gasteiger partial charge in [0.2, 0.25) is 11.8 Å². The number of amides is 1. The van der Waals surface area contributed by atoms with Gasteiger partial charge in [0.1, 0.15) is 11.4 Å². The summed E-state index contributed by atoms with van der Waals surface area (Å²) in [5, 5.41) is 11.4. The molecule has 0 bridgehead atoms. The molecule has 1 aliphatic heterocycles. The number of hydrogen-bond donors (Lipinski definition) is 1. The molecule has 4 rings (SSSR count). The summed E-state index contributed by atoms with van der Waals surface area (Å²) in [6, 6.07) is 15.7. The van der Waals surface area contributed by atoms with Gasteiger partial charge in [0, 0.05) is 6.42 Å². The van der Waals surface area contributed by atoms with E-state index < -0.39 is 0 Å². The first-order valence-electron chi connectivity index (χ1n) is 8.70. The van der Waals surface area contributed by atoms with Gasteiger partial charge in [-0.05, 0) is 23.6 Å². The van der Waals surface area contributed by atoms with Crippen LogP contribution in [0.3, 0.4) is 0 Å². The van der Waals surface area contributed by atoms with Gasteiger partial charge in [-0.1, -0.05) is 55.1 Å². The number of thioether (sulfide) groups is 1. The molecule has 0 spiro atoms. The summed E-state index contributed by atoms with van der Waals surface area (Å²) in [7, 11) is 0. The Bertz CT molecular complexity index is 1060. The van der Waals surface area contributed by atoms with Crippen molar-refractivity contribution in [2.24, 2.45) is 8.73 Å². The number of rotatable bonds is 7. The van der Waals surface area contributed by atoms with Crippen molar-refractivity contribution in [1.82, 2.24) is 10.2 Å². The molecule has 0 fully saturated rings. The van der Waals surface area contributed by atoms with E-state index in [9.17, 15) is 4.79 Å². The van der Waals surface area contributed by atoms with Crippen LogP contribution in [0, 0.1) is 0 Å². The fourth-order valence-corrected chi connectivity index (χ4v) is 3.89. The van der Waals surface area contributed by atoms with Crippen LogP contribution < -0.4 is 5.32 Å². The van der Waals surface area contributed by atoms with Crippen LogP contribution in [0.1, 0.15) is 24.3 Å². The normalized spacial score (nSPS) is 13.0. The van der Waals surface area contributed by atoms with Gasteiger partial charge in [-0.25, -0.2) is 0 Å². The summed E-state index contributed by atoms with van der Waals surface area (Å²) in [4.78, 5) is 12.3. The Hall–Kier alpha value is -2.78. The zero-order valence-electron chi connectivity index (χ0n) is 15.0. The van der Waals surface area contributed by atoms with E-state index in [2.05, 4.69) is 43.3 Å². The minimum Gasteiger partial charge on any atom is -0.416 e. The van der Waals surface area contributed by atoms with Gasteiger partial charge in [-0.2, -0.15) is 8.73 Å². The number of benzene rings is 2. The van der Waals surface area contributed by atoms with E-state index in [-0.39, 0.29) is 17.6 Å². The Labute approximate surface area is 169 Å². The van der Waals surface area contributed by atoms with Gasteiger partial charge in [0.25, 0.3) is 5.22 Å². The molecule has 7 nitrogen and oxygen atoms in total. The molecule has 0 saturated carbocycles. The van der Waals surface area contributed by atoms with E-state index >= 15 is 0 Å². The number of anilines is 1. The smallest absolute Gasteiger partial charge is 0.277 e. The Kier molecular flexibility index (Phi) is 5.63. The fourth-order valence-electron chi connectivity index (χ4n) is 2.76. The molecule has 3 aromatic rings. The summed E-state index contributed by atoms with van der Waals surface area (Å²) in [5.74, 6) is 0.847. The molecule has 142 valence electrons. The van der Waals surface area contributed by atoms with Gasteiger partial charge in [-0.3, -0.25) is 4.79 Å². The predicted molar refractivity (Wildman–Crippen MR) is 110 cm³/mol. The van der Waals surface area contributed by atoms with Gasteiger partial charge >= 0.3 is 0 Å². The highest BCUT2D eigenvalue weighted by Crippen LogP contribution is 2.38. The highest BCUT2D eigenvalue weighted by molar-refractivity contribution is 7.99. The zero-order chi connectivity index (χ0) is 19.3. The van der Waals surface area contributed by atoms with Crippen LogP contribution in [0.15, 0.2) is 66.9 Å². The molecular weight excluding hydrogens is 394 g/mol. The van der Waals surface area contributed by atoms with Gasteiger partial charge in [0.15, 0.2) is 0 Å². The lowest BCUT2D eigenvalue weighted by Crippen LogP contribution is -2.14. The van der Waals surface area contributed by atoms with E-state index in [1.54, 1.807) is 0 Å². The molecule has 1 aliphatic rings. The molecular formula is C19H17N5O2S2. The molecule has 9 heteroatoms. The lowest BCUT2D eigenvalue weighted by molar-refractivity contribution is -0.113. The average Bonchev–Trinajstić information content (AvgIpc) is 3.37. The van der Waals surface area contributed by atoms with Gasteiger partial charge in [-0.15, -0.1) is 10.2 Å². The second-order valence-electron chi connectivity index (χ2n) is 6.25. The van der Waals surface area contributed by atoms with Gasteiger partial charge < -0.3 is 9.73 Å². The number of aromatic nitrogens is 2. The van der Waals surface area contributed by atoms with Crippen molar-refractivity contribution in [2.45, 2.75) is 24.5 Å². The van der Waals surface area contributed by atoms with Crippen molar-refractivity contribution in [3.8, 4) is 0 Å². The molecule has 2 heterocycles. The third kappa shape index (κ3) is 4.37. The van der Waals surface area contributed by atoms with Crippen molar-refractivity contribution in [1.29, 1.82) is 0 Å². The molecule has 0 radical (unpaired) electrons. The first kappa shape index (κ1) is 18.6. The first-order valence-corrected chi connectivity index (χ1v) is 10.4. The maximum atomic E-state index is 12.3. The quantitative estimate of drug-likeness (QED) is 0.438. The molecule has 1 atom stereocenters. The Morgan fingerprint density at radius 1 is 1.14 bits per heavy atom. The predicted octanol–water partition coefficient (Wildman–Crippen LogP) is 4.87. The SMILES string of the molecule is CC(Cc1nnc(SCC(=O)Nc2cccc3c2N=S=N3)o1)c1ccccc1. The van der Waals surface area contributed by atoms with Crippen LogP contribution in [0.2, 0.25) is 0 Å². The summed E-state index contributed by atoms with van der Waals surface area (Å²) in [6.45, 7) is 2.12. The Morgan fingerprint density at radius 2 is 2.00 bits per heavy atom. The van der Waals surface area contributed by atoms with Crippen LogP contribution in [0.5, 0.6) is 0 Å². The second-order valence-corrected chi connectivity index (χ2v) is 7.71.